The third-order valence-electron chi connectivity index (χ3n) is 4.37. The van der Waals surface area contributed by atoms with E-state index in [-0.39, 0.29) is 16.3 Å². The van der Waals surface area contributed by atoms with Crippen LogP contribution in [0.25, 0.3) is 0 Å². The summed E-state index contributed by atoms with van der Waals surface area (Å²) in [5.74, 6) is -3.70. The Morgan fingerprint density at radius 2 is 1.80 bits per heavy atom. The molecule has 0 fully saturated rings. The van der Waals surface area contributed by atoms with Crippen LogP contribution in [0.5, 0.6) is 11.8 Å². The average Bonchev–Trinajstić information content (AvgIpc) is 3.19. The molecule has 1 atom stereocenters. The standard InChI is InChI=1S/C20H15ClF5N3O5S/c1-9(10-5-13(22)17(14(23)6-10)29-35(2,31)32)27-18(30)15-8-33-19(28-15)34-16-7-11(20(24,25)26)3-4-12(16)21/h3-9,29H,1-2H3,(H,27,30)/t9-/m1/s1. The molecule has 0 saturated carbocycles. The number of sulfonamides is 1. The van der Waals surface area contributed by atoms with Gasteiger partial charge in [-0.3, -0.25) is 9.52 Å². The molecule has 8 nitrogen and oxygen atoms in total. The first-order chi connectivity index (χ1) is 16.1. The number of anilines is 1. The molecule has 15 heteroatoms. The summed E-state index contributed by atoms with van der Waals surface area (Å²) in [6.45, 7) is 1.38. The van der Waals surface area contributed by atoms with Gasteiger partial charge in [-0.05, 0) is 42.8 Å². The van der Waals surface area contributed by atoms with Crippen LogP contribution >= 0.6 is 11.6 Å². The summed E-state index contributed by atoms with van der Waals surface area (Å²) in [4.78, 5) is 16.1. The highest BCUT2D eigenvalue weighted by Crippen LogP contribution is 2.36. The number of alkyl halides is 3. The Balaban J connectivity index is 1.73. The van der Waals surface area contributed by atoms with Crippen molar-refractivity contribution in [1.29, 1.82) is 0 Å². The fourth-order valence-corrected chi connectivity index (χ4v) is 3.46. The zero-order valence-electron chi connectivity index (χ0n) is 17.7. The van der Waals surface area contributed by atoms with Crippen molar-refractivity contribution >= 4 is 33.2 Å². The number of carbonyl (C=O) groups is 1. The van der Waals surface area contributed by atoms with E-state index in [9.17, 15) is 35.2 Å². The van der Waals surface area contributed by atoms with E-state index in [1.165, 1.54) is 6.92 Å². The minimum atomic E-state index is -4.65. The number of oxazole rings is 1. The van der Waals surface area contributed by atoms with Crippen molar-refractivity contribution in [2.24, 2.45) is 0 Å². The summed E-state index contributed by atoms with van der Waals surface area (Å²) in [5.41, 5.74) is -2.30. The summed E-state index contributed by atoms with van der Waals surface area (Å²) in [5, 5.41) is 2.22. The van der Waals surface area contributed by atoms with Gasteiger partial charge in [-0.1, -0.05) is 11.6 Å². The molecule has 0 unspecified atom stereocenters. The van der Waals surface area contributed by atoms with Gasteiger partial charge in [0.05, 0.1) is 22.9 Å². The average molecular weight is 540 g/mol. The van der Waals surface area contributed by atoms with Crippen LogP contribution in [0.2, 0.25) is 5.02 Å². The summed E-state index contributed by atoms with van der Waals surface area (Å²) in [7, 11) is -3.94. The number of hydrogen-bond acceptors (Lipinski definition) is 6. The van der Waals surface area contributed by atoms with Crippen LogP contribution in [-0.2, 0) is 16.2 Å². The smallest absolute Gasteiger partial charge is 0.416 e. The quantitative estimate of drug-likeness (QED) is 0.395. The molecule has 2 N–H and O–H groups in total. The van der Waals surface area contributed by atoms with Gasteiger partial charge >= 0.3 is 12.3 Å². The lowest BCUT2D eigenvalue weighted by molar-refractivity contribution is -0.137. The minimum Gasteiger partial charge on any atom is -0.416 e. The molecule has 0 saturated heterocycles. The van der Waals surface area contributed by atoms with Crippen molar-refractivity contribution in [3.05, 3.63) is 70.1 Å². The first kappa shape index (κ1) is 26.2. The lowest BCUT2D eigenvalue weighted by Crippen LogP contribution is -2.27. The molecule has 0 aliphatic heterocycles. The zero-order chi connectivity index (χ0) is 26.1. The Morgan fingerprint density at radius 1 is 1.17 bits per heavy atom. The summed E-state index contributed by atoms with van der Waals surface area (Å²) >= 11 is 5.83. The van der Waals surface area contributed by atoms with Gasteiger partial charge in [0.25, 0.3) is 5.91 Å². The van der Waals surface area contributed by atoms with Gasteiger partial charge in [0.2, 0.25) is 10.0 Å². The molecule has 0 radical (unpaired) electrons. The number of halogens is 6. The van der Waals surface area contributed by atoms with E-state index >= 15 is 0 Å². The first-order valence-corrected chi connectivity index (χ1v) is 11.7. The predicted octanol–water partition coefficient (Wildman–Crippen LogP) is 5.28. The Morgan fingerprint density at radius 3 is 2.37 bits per heavy atom. The van der Waals surface area contributed by atoms with Crippen LogP contribution in [0.1, 0.15) is 34.6 Å². The molecular weight excluding hydrogens is 525 g/mol. The number of aromatic nitrogens is 1. The Bertz CT molecular complexity index is 1350. The maximum atomic E-state index is 14.2. The van der Waals surface area contributed by atoms with Crippen molar-refractivity contribution in [2.45, 2.75) is 19.1 Å². The molecule has 1 amide bonds. The van der Waals surface area contributed by atoms with E-state index < -0.39 is 62.9 Å². The van der Waals surface area contributed by atoms with Crippen LogP contribution in [-0.4, -0.2) is 25.6 Å². The maximum absolute atomic E-state index is 14.2. The van der Waals surface area contributed by atoms with Gasteiger partial charge in [-0.25, -0.2) is 17.2 Å². The highest BCUT2D eigenvalue weighted by atomic mass is 35.5. The number of ether oxygens (including phenoxy) is 1. The summed E-state index contributed by atoms with van der Waals surface area (Å²) in [6, 6.07) is 3.02. The van der Waals surface area contributed by atoms with Gasteiger partial charge in [-0.15, -0.1) is 0 Å². The first-order valence-electron chi connectivity index (χ1n) is 9.42. The van der Waals surface area contributed by atoms with Gasteiger partial charge in [0.1, 0.15) is 12.0 Å². The minimum absolute atomic E-state index is 0.0388. The molecule has 0 aliphatic rings. The van der Waals surface area contributed by atoms with E-state index in [2.05, 4.69) is 10.3 Å². The van der Waals surface area contributed by atoms with Crippen molar-refractivity contribution in [1.82, 2.24) is 10.3 Å². The second-order valence-corrected chi connectivity index (χ2v) is 9.33. The van der Waals surface area contributed by atoms with E-state index in [0.717, 1.165) is 36.8 Å². The van der Waals surface area contributed by atoms with Crippen LogP contribution < -0.4 is 14.8 Å². The van der Waals surface area contributed by atoms with Gasteiger partial charge in [0, 0.05) is 0 Å². The third-order valence-corrected chi connectivity index (χ3v) is 5.26. The molecule has 0 spiro atoms. The lowest BCUT2D eigenvalue weighted by Gasteiger charge is -2.15. The lowest BCUT2D eigenvalue weighted by atomic mass is 10.1. The summed E-state index contributed by atoms with van der Waals surface area (Å²) < 4.78 is 101. The fourth-order valence-electron chi connectivity index (χ4n) is 2.74. The molecule has 1 heterocycles. The SMILES string of the molecule is C[C@@H](NC(=O)c1coc(Oc2cc(C(F)(F)F)ccc2Cl)n1)c1cc(F)c(NS(C)(=O)=O)c(F)c1. The van der Waals surface area contributed by atoms with Crippen molar-refractivity contribution in [2.75, 3.05) is 11.0 Å². The zero-order valence-corrected chi connectivity index (χ0v) is 19.3. The molecule has 0 aliphatic carbocycles. The highest BCUT2D eigenvalue weighted by molar-refractivity contribution is 7.92. The number of carbonyl (C=O) groups excluding carboxylic acids is 1. The van der Waals surface area contributed by atoms with Gasteiger partial charge in [0.15, 0.2) is 23.1 Å². The third kappa shape index (κ3) is 6.60. The molecule has 188 valence electrons. The molecular formula is C20H15ClF5N3O5S. The Hall–Kier alpha value is -3.39. The predicted molar refractivity (Wildman–Crippen MR) is 114 cm³/mol. The number of benzene rings is 2. The van der Waals surface area contributed by atoms with Crippen molar-refractivity contribution in [3.63, 3.8) is 0 Å². The monoisotopic (exact) mass is 539 g/mol. The highest BCUT2D eigenvalue weighted by Gasteiger charge is 2.31. The molecule has 0 bridgehead atoms. The number of amides is 1. The molecule has 3 rings (SSSR count). The van der Waals surface area contributed by atoms with Crippen LogP contribution in [0.15, 0.2) is 41.0 Å². The molecule has 2 aromatic carbocycles. The van der Waals surface area contributed by atoms with Crippen LogP contribution in [0.3, 0.4) is 0 Å². The van der Waals surface area contributed by atoms with E-state index in [4.69, 9.17) is 20.8 Å². The number of nitrogens with zero attached hydrogens (tertiary/aromatic N) is 1. The molecule has 3 aromatic rings. The second kappa shape index (κ2) is 9.70. The van der Waals surface area contributed by atoms with Crippen molar-refractivity contribution < 1.29 is 44.3 Å². The van der Waals surface area contributed by atoms with Gasteiger partial charge in [-0.2, -0.15) is 18.2 Å². The maximum Gasteiger partial charge on any atom is 0.416 e. The molecule has 35 heavy (non-hydrogen) atoms. The van der Waals surface area contributed by atoms with Crippen LogP contribution in [0, 0.1) is 11.6 Å². The topological polar surface area (TPSA) is 111 Å². The van der Waals surface area contributed by atoms with E-state index in [0.29, 0.717) is 6.07 Å². The van der Waals surface area contributed by atoms with Gasteiger partial charge < -0.3 is 14.5 Å². The Kier molecular flexibility index (Phi) is 7.26. The Labute approximate surface area is 200 Å². The van der Waals surface area contributed by atoms with Crippen molar-refractivity contribution in [3.8, 4) is 11.8 Å². The number of rotatable bonds is 7. The fraction of sp³-hybridized carbons (Fsp3) is 0.200. The van der Waals surface area contributed by atoms with E-state index in [1.54, 1.807) is 4.72 Å². The number of hydrogen-bond donors (Lipinski definition) is 2. The largest absolute Gasteiger partial charge is 0.416 e. The number of nitrogens with one attached hydrogen (secondary N) is 2. The van der Waals surface area contributed by atoms with E-state index in [1.807, 2.05) is 0 Å². The normalized spacial score (nSPS) is 12.8. The second-order valence-electron chi connectivity index (χ2n) is 7.17. The van der Waals surface area contributed by atoms with Crippen LogP contribution in [0.4, 0.5) is 27.6 Å². The molecule has 1 aromatic heterocycles. The summed E-state index contributed by atoms with van der Waals surface area (Å²) in [6.07, 6.45) is -3.67.